The molecule has 1 amide bonds. The second-order valence-corrected chi connectivity index (χ2v) is 6.37. The Morgan fingerprint density at radius 1 is 1.17 bits per heavy atom. The summed E-state index contributed by atoms with van der Waals surface area (Å²) in [5.41, 5.74) is 9.59. The molecule has 0 unspecified atom stereocenters. The summed E-state index contributed by atoms with van der Waals surface area (Å²) in [5, 5.41) is 5.52. The number of amides is 1. The van der Waals surface area contributed by atoms with Crippen LogP contribution in [0.3, 0.4) is 0 Å². The number of aryl methyl sites for hydroxylation is 1. The minimum atomic E-state index is -0.417. The van der Waals surface area contributed by atoms with Crippen LogP contribution in [0.4, 0.5) is 0 Å². The molecule has 0 fully saturated rings. The van der Waals surface area contributed by atoms with Gasteiger partial charge in [-0.05, 0) is 36.8 Å². The van der Waals surface area contributed by atoms with Crippen molar-refractivity contribution in [3.8, 4) is 16.9 Å². The molecule has 122 valence electrons. The molecular weight excluding hydrogens is 345 g/mol. The fourth-order valence-electron chi connectivity index (χ4n) is 2.52. The molecule has 0 aliphatic heterocycles. The number of aromatic nitrogens is 2. The number of primary amides is 1. The highest BCUT2D eigenvalue weighted by atomic mass is 35.5. The number of halogens is 2. The fourth-order valence-corrected chi connectivity index (χ4v) is 2.81. The SMILES string of the molecule is Cc1cccc(-n2cc(CC(N)=O)c(-c3ccc(Cl)c(Cl)c3)n2)c1. The number of nitrogens with two attached hydrogens (primary N) is 1. The molecule has 3 aromatic rings. The maximum Gasteiger partial charge on any atom is 0.221 e. The van der Waals surface area contributed by atoms with Crippen LogP contribution in [0, 0.1) is 6.92 Å². The van der Waals surface area contributed by atoms with Crippen LogP contribution in [-0.4, -0.2) is 15.7 Å². The van der Waals surface area contributed by atoms with Gasteiger partial charge in [0.25, 0.3) is 0 Å². The van der Waals surface area contributed by atoms with Crippen LogP contribution >= 0.6 is 23.2 Å². The van der Waals surface area contributed by atoms with Gasteiger partial charge in [-0.3, -0.25) is 4.79 Å². The van der Waals surface area contributed by atoms with E-state index < -0.39 is 5.91 Å². The van der Waals surface area contributed by atoms with Crippen LogP contribution < -0.4 is 5.73 Å². The van der Waals surface area contributed by atoms with E-state index in [9.17, 15) is 4.79 Å². The molecule has 3 rings (SSSR count). The van der Waals surface area contributed by atoms with Crippen molar-refractivity contribution >= 4 is 29.1 Å². The average molecular weight is 360 g/mol. The van der Waals surface area contributed by atoms with Crippen molar-refractivity contribution in [1.82, 2.24) is 9.78 Å². The van der Waals surface area contributed by atoms with Crippen LogP contribution in [0.25, 0.3) is 16.9 Å². The number of benzene rings is 2. The maximum atomic E-state index is 11.4. The van der Waals surface area contributed by atoms with Gasteiger partial charge in [-0.25, -0.2) is 4.68 Å². The average Bonchev–Trinajstić information content (AvgIpc) is 2.93. The van der Waals surface area contributed by atoms with Gasteiger partial charge in [-0.2, -0.15) is 5.10 Å². The fraction of sp³-hybridized carbons (Fsp3) is 0.111. The lowest BCUT2D eigenvalue weighted by Gasteiger charge is -2.03. The van der Waals surface area contributed by atoms with Gasteiger partial charge in [0.1, 0.15) is 0 Å². The van der Waals surface area contributed by atoms with Crippen molar-refractivity contribution in [1.29, 1.82) is 0 Å². The zero-order valence-electron chi connectivity index (χ0n) is 13.0. The smallest absolute Gasteiger partial charge is 0.221 e. The Balaban J connectivity index is 2.13. The minimum Gasteiger partial charge on any atom is -0.369 e. The van der Waals surface area contributed by atoms with Gasteiger partial charge in [0.05, 0.1) is 27.8 Å². The highest BCUT2D eigenvalue weighted by Crippen LogP contribution is 2.30. The summed E-state index contributed by atoms with van der Waals surface area (Å²) in [6, 6.07) is 13.2. The predicted octanol–water partition coefficient (Wildman–Crippen LogP) is 4.18. The molecule has 1 aromatic heterocycles. The summed E-state index contributed by atoms with van der Waals surface area (Å²) in [6.45, 7) is 2.01. The maximum absolute atomic E-state index is 11.4. The van der Waals surface area contributed by atoms with Crippen LogP contribution in [0.15, 0.2) is 48.7 Å². The second kappa shape index (κ2) is 6.67. The molecule has 0 atom stereocenters. The highest BCUT2D eigenvalue weighted by molar-refractivity contribution is 6.42. The van der Waals surface area contributed by atoms with Gasteiger partial charge in [0.15, 0.2) is 0 Å². The monoisotopic (exact) mass is 359 g/mol. The lowest BCUT2D eigenvalue weighted by molar-refractivity contribution is -0.117. The lowest BCUT2D eigenvalue weighted by atomic mass is 10.1. The first kappa shape index (κ1) is 16.6. The topological polar surface area (TPSA) is 60.9 Å². The van der Waals surface area contributed by atoms with E-state index in [4.69, 9.17) is 28.9 Å². The Hall–Kier alpha value is -2.30. The van der Waals surface area contributed by atoms with E-state index >= 15 is 0 Å². The van der Waals surface area contributed by atoms with Crippen molar-refractivity contribution in [2.24, 2.45) is 5.73 Å². The standard InChI is InChI=1S/C18H15Cl2N3O/c1-11-3-2-4-14(7-11)23-10-13(9-17(21)24)18(22-23)12-5-6-15(19)16(20)8-12/h2-8,10H,9H2,1H3,(H2,21,24). The van der Waals surface area contributed by atoms with Crippen molar-refractivity contribution in [3.05, 3.63) is 69.8 Å². The van der Waals surface area contributed by atoms with E-state index in [1.807, 2.05) is 43.5 Å². The van der Waals surface area contributed by atoms with E-state index in [0.29, 0.717) is 15.7 Å². The molecule has 2 aromatic carbocycles. The highest BCUT2D eigenvalue weighted by Gasteiger charge is 2.15. The van der Waals surface area contributed by atoms with Crippen LogP contribution in [0.1, 0.15) is 11.1 Å². The molecule has 0 spiro atoms. The summed E-state index contributed by atoms with van der Waals surface area (Å²) in [5.74, 6) is -0.417. The van der Waals surface area contributed by atoms with Gasteiger partial charge in [0, 0.05) is 17.3 Å². The number of hydrogen-bond acceptors (Lipinski definition) is 2. The van der Waals surface area contributed by atoms with E-state index in [1.54, 1.807) is 16.8 Å². The van der Waals surface area contributed by atoms with Gasteiger partial charge < -0.3 is 5.73 Å². The Bertz CT molecular complexity index is 918. The summed E-state index contributed by atoms with van der Waals surface area (Å²) in [6.07, 6.45) is 1.92. The molecule has 6 heteroatoms. The second-order valence-electron chi connectivity index (χ2n) is 5.56. The minimum absolute atomic E-state index is 0.0986. The Kier molecular flexibility index (Phi) is 4.60. The molecule has 0 aliphatic rings. The predicted molar refractivity (Wildman–Crippen MR) is 96.7 cm³/mol. The van der Waals surface area contributed by atoms with Gasteiger partial charge in [0.2, 0.25) is 5.91 Å². The number of nitrogens with zero attached hydrogens (tertiary/aromatic N) is 2. The zero-order chi connectivity index (χ0) is 17.3. The lowest BCUT2D eigenvalue weighted by Crippen LogP contribution is -2.13. The summed E-state index contributed by atoms with van der Waals surface area (Å²) < 4.78 is 1.74. The first-order valence-corrected chi connectivity index (χ1v) is 8.09. The molecule has 1 heterocycles. The van der Waals surface area contributed by atoms with Crippen LogP contribution in [-0.2, 0) is 11.2 Å². The van der Waals surface area contributed by atoms with E-state index in [0.717, 1.165) is 22.4 Å². The molecule has 24 heavy (non-hydrogen) atoms. The molecule has 0 saturated heterocycles. The first-order chi connectivity index (χ1) is 11.4. The largest absolute Gasteiger partial charge is 0.369 e. The van der Waals surface area contributed by atoms with Crippen molar-refractivity contribution in [3.63, 3.8) is 0 Å². The Morgan fingerprint density at radius 3 is 2.62 bits per heavy atom. The normalized spacial score (nSPS) is 10.8. The first-order valence-electron chi connectivity index (χ1n) is 7.33. The van der Waals surface area contributed by atoms with Gasteiger partial charge in [-0.15, -0.1) is 0 Å². The van der Waals surface area contributed by atoms with Gasteiger partial charge >= 0.3 is 0 Å². The number of carbonyl (C=O) groups is 1. The van der Waals surface area contributed by atoms with Crippen molar-refractivity contribution in [2.75, 3.05) is 0 Å². The molecule has 0 bridgehead atoms. The van der Waals surface area contributed by atoms with Crippen molar-refractivity contribution in [2.45, 2.75) is 13.3 Å². The third kappa shape index (κ3) is 3.45. The summed E-state index contributed by atoms with van der Waals surface area (Å²) in [7, 11) is 0. The van der Waals surface area contributed by atoms with E-state index in [2.05, 4.69) is 5.10 Å². The summed E-state index contributed by atoms with van der Waals surface area (Å²) in [4.78, 5) is 11.4. The van der Waals surface area contributed by atoms with Crippen LogP contribution in [0.2, 0.25) is 10.0 Å². The molecule has 4 nitrogen and oxygen atoms in total. The third-order valence-electron chi connectivity index (χ3n) is 3.61. The molecular formula is C18H15Cl2N3O. The third-order valence-corrected chi connectivity index (χ3v) is 4.35. The molecule has 2 N–H and O–H groups in total. The summed E-state index contributed by atoms with van der Waals surface area (Å²) >= 11 is 12.1. The van der Waals surface area contributed by atoms with Crippen LogP contribution in [0.5, 0.6) is 0 Å². The van der Waals surface area contributed by atoms with E-state index in [-0.39, 0.29) is 6.42 Å². The zero-order valence-corrected chi connectivity index (χ0v) is 14.5. The number of rotatable bonds is 4. The number of hydrogen-bond donors (Lipinski definition) is 1. The number of carbonyl (C=O) groups excluding carboxylic acids is 1. The van der Waals surface area contributed by atoms with Crippen molar-refractivity contribution < 1.29 is 4.79 Å². The molecule has 0 aliphatic carbocycles. The van der Waals surface area contributed by atoms with E-state index in [1.165, 1.54) is 0 Å². The van der Waals surface area contributed by atoms with Gasteiger partial charge in [-0.1, -0.05) is 41.4 Å². The quantitative estimate of drug-likeness (QED) is 0.759. The molecule has 0 radical (unpaired) electrons. The Morgan fingerprint density at radius 2 is 1.96 bits per heavy atom. The Labute approximate surface area is 149 Å². The molecule has 0 saturated carbocycles.